The molecule has 0 N–H and O–H groups in total. The third kappa shape index (κ3) is 2.04. The quantitative estimate of drug-likeness (QED) is 0.812. The molecule has 0 saturated carbocycles. The smallest absolute Gasteiger partial charge is 0.140 e. The van der Waals surface area contributed by atoms with Crippen molar-refractivity contribution in [2.24, 2.45) is 0 Å². The molecule has 0 aliphatic carbocycles. The van der Waals surface area contributed by atoms with Crippen LogP contribution >= 0.6 is 15.9 Å². The Hall–Kier alpha value is -0.960. The van der Waals surface area contributed by atoms with Gasteiger partial charge in [-0.15, -0.1) is 0 Å². The van der Waals surface area contributed by atoms with Gasteiger partial charge < -0.3 is 9.47 Å². The van der Waals surface area contributed by atoms with Crippen molar-refractivity contribution < 1.29 is 9.47 Å². The molecule has 0 spiro atoms. The Labute approximate surface area is 86.3 Å². The Kier molecular flexibility index (Phi) is 3.37. The van der Waals surface area contributed by atoms with E-state index in [9.17, 15) is 0 Å². The summed E-state index contributed by atoms with van der Waals surface area (Å²) in [5.74, 6) is 1.55. The van der Waals surface area contributed by atoms with Crippen molar-refractivity contribution in [2.45, 2.75) is 0 Å². The highest BCUT2D eigenvalue weighted by Crippen LogP contribution is 2.33. The molecule has 0 aliphatic rings. The van der Waals surface area contributed by atoms with Crippen LogP contribution in [0, 0.1) is 0 Å². The van der Waals surface area contributed by atoms with Crippen LogP contribution in [0.15, 0.2) is 23.2 Å². The number of benzene rings is 1. The zero-order chi connectivity index (χ0) is 9.84. The normalized spacial score (nSPS) is 9.46. The van der Waals surface area contributed by atoms with E-state index in [-0.39, 0.29) is 0 Å². The van der Waals surface area contributed by atoms with Crippen molar-refractivity contribution in [3.8, 4) is 11.5 Å². The molecule has 1 aromatic carbocycles. The summed E-state index contributed by atoms with van der Waals surface area (Å²) in [7, 11) is 3.25. The van der Waals surface area contributed by atoms with Gasteiger partial charge in [-0.05, 0) is 28.1 Å². The molecule has 0 bridgehead atoms. The second kappa shape index (κ2) is 4.33. The van der Waals surface area contributed by atoms with Crippen molar-refractivity contribution >= 4 is 22.0 Å². The lowest BCUT2D eigenvalue weighted by Gasteiger charge is -2.09. The molecule has 1 rings (SSSR count). The summed E-state index contributed by atoms with van der Waals surface area (Å²) in [6.45, 7) is 3.70. The first-order chi connectivity index (χ1) is 6.22. The number of ether oxygens (including phenoxy) is 2. The van der Waals surface area contributed by atoms with Gasteiger partial charge in [-0.1, -0.05) is 12.7 Å². The minimum Gasteiger partial charge on any atom is -0.497 e. The van der Waals surface area contributed by atoms with Gasteiger partial charge in [0, 0.05) is 5.56 Å². The highest BCUT2D eigenvalue weighted by molar-refractivity contribution is 9.10. The lowest BCUT2D eigenvalue weighted by atomic mass is 10.2. The Morgan fingerprint density at radius 1 is 1.31 bits per heavy atom. The molecule has 3 heteroatoms. The summed E-state index contributed by atoms with van der Waals surface area (Å²) in [4.78, 5) is 0. The van der Waals surface area contributed by atoms with Gasteiger partial charge in [-0.2, -0.15) is 0 Å². The first-order valence-electron chi connectivity index (χ1n) is 3.77. The van der Waals surface area contributed by atoms with Crippen molar-refractivity contribution in [3.05, 3.63) is 28.7 Å². The zero-order valence-corrected chi connectivity index (χ0v) is 9.22. The molecule has 0 amide bonds. The monoisotopic (exact) mass is 242 g/mol. The van der Waals surface area contributed by atoms with Gasteiger partial charge in [0.15, 0.2) is 0 Å². The topological polar surface area (TPSA) is 18.5 Å². The lowest BCUT2D eigenvalue weighted by molar-refractivity contribution is 0.400. The average molecular weight is 243 g/mol. The number of halogens is 1. The maximum absolute atomic E-state index is 5.19. The van der Waals surface area contributed by atoms with E-state index in [1.807, 2.05) is 12.1 Å². The molecule has 1 aromatic rings. The van der Waals surface area contributed by atoms with E-state index in [4.69, 9.17) is 9.47 Å². The fraction of sp³-hybridized carbons (Fsp3) is 0.200. The van der Waals surface area contributed by atoms with Crippen molar-refractivity contribution in [3.63, 3.8) is 0 Å². The van der Waals surface area contributed by atoms with Crippen LogP contribution in [-0.4, -0.2) is 14.2 Å². The standard InChI is InChI=1S/C10H11BrO2/c1-4-7-5-8(12-2)6-9(11)10(7)13-3/h4-6H,1H2,2-3H3. The van der Waals surface area contributed by atoms with Crippen LogP contribution < -0.4 is 9.47 Å². The number of hydrogen-bond donors (Lipinski definition) is 0. The van der Waals surface area contributed by atoms with E-state index < -0.39 is 0 Å². The molecule has 0 unspecified atom stereocenters. The van der Waals surface area contributed by atoms with Crippen LogP contribution in [0.25, 0.3) is 6.08 Å². The summed E-state index contributed by atoms with van der Waals surface area (Å²) in [6.07, 6.45) is 1.73. The van der Waals surface area contributed by atoms with Crippen LogP contribution in [-0.2, 0) is 0 Å². The summed E-state index contributed by atoms with van der Waals surface area (Å²) >= 11 is 3.39. The highest BCUT2D eigenvalue weighted by atomic mass is 79.9. The molecule has 0 aliphatic heterocycles. The van der Waals surface area contributed by atoms with Crippen LogP contribution in [0.4, 0.5) is 0 Å². The molecule has 0 saturated heterocycles. The molecule has 0 heterocycles. The van der Waals surface area contributed by atoms with Gasteiger partial charge in [-0.3, -0.25) is 0 Å². The Morgan fingerprint density at radius 3 is 2.46 bits per heavy atom. The molecular weight excluding hydrogens is 232 g/mol. The predicted molar refractivity (Wildman–Crippen MR) is 57.3 cm³/mol. The van der Waals surface area contributed by atoms with Crippen molar-refractivity contribution in [2.75, 3.05) is 14.2 Å². The van der Waals surface area contributed by atoms with E-state index in [0.717, 1.165) is 21.5 Å². The van der Waals surface area contributed by atoms with E-state index >= 15 is 0 Å². The molecular formula is C10H11BrO2. The minimum absolute atomic E-state index is 0.774. The zero-order valence-electron chi connectivity index (χ0n) is 7.63. The summed E-state index contributed by atoms with van der Waals surface area (Å²) in [6, 6.07) is 3.72. The van der Waals surface area contributed by atoms with E-state index in [1.165, 1.54) is 0 Å². The first-order valence-corrected chi connectivity index (χ1v) is 4.56. The fourth-order valence-corrected chi connectivity index (χ4v) is 1.69. The molecule has 70 valence electrons. The number of rotatable bonds is 3. The van der Waals surface area contributed by atoms with Gasteiger partial charge in [0.1, 0.15) is 11.5 Å². The van der Waals surface area contributed by atoms with E-state index in [2.05, 4.69) is 22.5 Å². The summed E-state index contributed by atoms with van der Waals surface area (Å²) < 4.78 is 11.2. The van der Waals surface area contributed by atoms with E-state index in [0.29, 0.717) is 0 Å². The molecule has 0 atom stereocenters. The van der Waals surface area contributed by atoms with Gasteiger partial charge in [0.25, 0.3) is 0 Å². The second-order valence-corrected chi connectivity index (χ2v) is 3.29. The minimum atomic E-state index is 0.774. The second-order valence-electron chi connectivity index (χ2n) is 2.44. The molecule has 13 heavy (non-hydrogen) atoms. The Balaban J connectivity index is 3.28. The van der Waals surface area contributed by atoms with E-state index in [1.54, 1.807) is 20.3 Å². The average Bonchev–Trinajstić information content (AvgIpc) is 2.16. The molecule has 2 nitrogen and oxygen atoms in total. The summed E-state index contributed by atoms with van der Waals surface area (Å²) in [5, 5.41) is 0. The Bertz CT molecular complexity index is 321. The van der Waals surface area contributed by atoms with Crippen LogP contribution in [0.1, 0.15) is 5.56 Å². The molecule has 0 aromatic heterocycles. The summed E-state index contributed by atoms with van der Waals surface area (Å²) in [5.41, 5.74) is 0.911. The largest absolute Gasteiger partial charge is 0.497 e. The van der Waals surface area contributed by atoms with Crippen molar-refractivity contribution in [1.82, 2.24) is 0 Å². The maximum atomic E-state index is 5.19. The third-order valence-corrected chi connectivity index (χ3v) is 2.29. The van der Waals surface area contributed by atoms with Gasteiger partial charge in [0.05, 0.1) is 18.7 Å². The maximum Gasteiger partial charge on any atom is 0.140 e. The van der Waals surface area contributed by atoms with Crippen molar-refractivity contribution in [1.29, 1.82) is 0 Å². The number of methoxy groups -OCH3 is 2. The number of hydrogen-bond acceptors (Lipinski definition) is 2. The molecule has 0 radical (unpaired) electrons. The highest BCUT2D eigenvalue weighted by Gasteiger charge is 2.07. The third-order valence-electron chi connectivity index (χ3n) is 1.71. The van der Waals surface area contributed by atoms with Gasteiger partial charge >= 0.3 is 0 Å². The lowest BCUT2D eigenvalue weighted by Crippen LogP contribution is -1.90. The fourth-order valence-electron chi connectivity index (χ4n) is 1.07. The van der Waals surface area contributed by atoms with Crippen LogP contribution in [0.2, 0.25) is 0 Å². The first kappa shape index (κ1) is 10.1. The SMILES string of the molecule is C=Cc1cc(OC)cc(Br)c1OC. The Morgan fingerprint density at radius 2 is 2.00 bits per heavy atom. The van der Waals surface area contributed by atoms with Crippen LogP contribution in [0.5, 0.6) is 11.5 Å². The van der Waals surface area contributed by atoms with Gasteiger partial charge in [0.2, 0.25) is 0 Å². The predicted octanol–water partition coefficient (Wildman–Crippen LogP) is 3.11. The van der Waals surface area contributed by atoms with Crippen LogP contribution in [0.3, 0.4) is 0 Å². The van der Waals surface area contributed by atoms with Gasteiger partial charge in [-0.25, -0.2) is 0 Å². The molecule has 0 fully saturated rings.